The van der Waals surface area contributed by atoms with Crippen molar-refractivity contribution in [3.8, 4) is 0 Å². The van der Waals surface area contributed by atoms with Crippen LogP contribution in [0.3, 0.4) is 0 Å². The molecule has 3 rings (SSSR count). The molecule has 0 spiro atoms. The van der Waals surface area contributed by atoms with Gasteiger partial charge in [-0.15, -0.1) is 0 Å². The van der Waals surface area contributed by atoms with Crippen LogP contribution in [-0.2, 0) is 26.2 Å². The molecule has 0 saturated heterocycles. The van der Waals surface area contributed by atoms with Gasteiger partial charge in [0.2, 0.25) is 10.0 Å². The number of amides is 2. The number of furan rings is 1. The number of carbonyl (C=O) groups excluding carboxylic acids is 2. The van der Waals surface area contributed by atoms with Gasteiger partial charge < -0.3 is 9.73 Å². The van der Waals surface area contributed by atoms with E-state index in [9.17, 15) is 28.1 Å². The Morgan fingerprint density at radius 3 is 2.35 bits per heavy atom. The highest BCUT2D eigenvalue weighted by Gasteiger charge is 2.15. The Kier molecular flexibility index (Phi) is 7.88. The van der Waals surface area contributed by atoms with Crippen molar-refractivity contribution in [3.63, 3.8) is 0 Å². The summed E-state index contributed by atoms with van der Waals surface area (Å²) >= 11 is 3.24. The number of non-ortho nitro benzene ring substituents is 1. The normalized spacial score (nSPS) is 11.3. The molecule has 0 fully saturated rings. The van der Waals surface area contributed by atoms with Crippen LogP contribution < -0.4 is 15.5 Å². The van der Waals surface area contributed by atoms with E-state index >= 15 is 0 Å². The van der Waals surface area contributed by atoms with Crippen LogP contribution in [0.15, 0.2) is 79.6 Å². The highest BCUT2D eigenvalue weighted by molar-refractivity contribution is 9.10. The molecule has 34 heavy (non-hydrogen) atoms. The molecule has 0 aliphatic carbocycles. The Bertz CT molecular complexity index is 1340. The number of nitrogens with one attached hydrogen (secondary N) is 3. The Labute approximate surface area is 201 Å². The average molecular weight is 550 g/mol. The zero-order valence-corrected chi connectivity index (χ0v) is 19.5. The minimum Gasteiger partial charge on any atom is -0.459 e. The fraction of sp³-hybridized carbons (Fsp3) is 0.0500. The summed E-state index contributed by atoms with van der Waals surface area (Å²) in [5.74, 6) is -1.62. The van der Waals surface area contributed by atoms with Gasteiger partial charge in [0.15, 0.2) is 0 Å². The Morgan fingerprint density at radius 1 is 1.03 bits per heavy atom. The van der Waals surface area contributed by atoms with E-state index in [1.165, 1.54) is 48.5 Å². The third kappa shape index (κ3) is 6.81. The number of hydrogen-bond acceptors (Lipinski definition) is 8. The molecule has 3 N–H and O–H groups in total. The van der Waals surface area contributed by atoms with Crippen molar-refractivity contribution in [2.45, 2.75) is 11.4 Å². The number of hydrogen-bond donors (Lipinski definition) is 3. The second-order valence-electron chi connectivity index (χ2n) is 6.54. The number of benzene rings is 2. The highest BCUT2D eigenvalue weighted by atomic mass is 79.9. The first-order chi connectivity index (χ1) is 16.1. The minimum absolute atomic E-state index is 0.0961. The van der Waals surface area contributed by atoms with Crippen molar-refractivity contribution < 1.29 is 27.3 Å². The SMILES string of the molecule is O=C(NN=Cc1ccc(CNS(=O)(=O)c2ccc(Br)cc2)o1)C(=O)Nc1ccc([N+](=O)[O-])cc1. The maximum atomic E-state index is 12.3. The quantitative estimate of drug-likeness (QED) is 0.167. The van der Waals surface area contributed by atoms with Gasteiger partial charge in [-0.05, 0) is 48.5 Å². The first-order valence-corrected chi connectivity index (χ1v) is 11.6. The lowest BCUT2D eigenvalue weighted by atomic mass is 10.3. The second-order valence-corrected chi connectivity index (χ2v) is 9.22. The summed E-state index contributed by atoms with van der Waals surface area (Å²) in [5.41, 5.74) is 2.04. The average Bonchev–Trinajstić information content (AvgIpc) is 3.26. The van der Waals surface area contributed by atoms with Crippen LogP contribution in [0.5, 0.6) is 0 Å². The summed E-state index contributed by atoms with van der Waals surface area (Å²) in [5, 5.41) is 16.5. The van der Waals surface area contributed by atoms with Crippen LogP contribution in [-0.4, -0.2) is 31.4 Å². The molecule has 0 unspecified atom stereocenters. The molecule has 0 aliphatic rings. The summed E-state index contributed by atoms with van der Waals surface area (Å²) in [6, 6.07) is 14.1. The molecule has 1 aromatic heterocycles. The van der Waals surface area contributed by atoms with Gasteiger partial charge in [-0.1, -0.05) is 15.9 Å². The van der Waals surface area contributed by atoms with Crippen LogP contribution in [0.25, 0.3) is 0 Å². The van der Waals surface area contributed by atoms with Gasteiger partial charge in [-0.3, -0.25) is 19.7 Å². The van der Waals surface area contributed by atoms with Gasteiger partial charge in [0.05, 0.1) is 22.6 Å². The van der Waals surface area contributed by atoms with Crippen molar-refractivity contribution in [1.29, 1.82) is 0 Å². The van der Waals surface area contributed by atoms with Crippen LogP contribution in [0.4, 0.5) is 11.4 Å². The van der Waals surface area contributed by atoms with Crippen LogP contribution in [0, 0.1) is 10.1 Å². The van der Waals surface area contributed by atoms with E-state index in [-0.39, 0.29) is 28.6 Å². The first-order valence-electron chi connectivity index (χ1n) is 9.37. The largest absolute Gasteiger partial charge is 0.459 e. The van der Waals surface area contributed by atoms with E-state index in [1.807, 2.05) is 5.43 Å². The molecule has 12 nitrogen and oxygen atoms in total. The van der Waals surface area contributed by atoms with Gasteiger partial charge in [-0.2, -0.15) is 5.10 Å². The molecule has 0 bridgehead atoms. The molecule has 2 aromatic carbocycles. The van der Waals surface area contributed by atoms with E-state index in [0.29, 0.717) is 5.76 Å². The Balaban J connectivity index is 1.49. The fourth-order valence-electron chi connectivity index (χ4n) is 2.48. The number of rotatable bonds is 8. The summed E-state index contributed by atoms with van der Waals surface area (Å²) in [4.78, 5) is 33.8. The molecule has 0 aliphatic heterocycles. The molecule has 0 atom stereocenters. The topological polar surface area (TPSA) is 173 Å². The van der Waals surface area contributed by atoms with Crippen molar-refractivity contribution in [2.24, 2.45) is 5.10 Å². The van der Waals surface area contributed by atoms with Gasteiger partial charge in [0, 0.05) is 22.3 Å². The predicted octanol–water partition coefficient (Wildman–Crippen LogP) is 2.52. The summed E-state index contributed by atoms with van der Waals surface area (Å²) in [6.45, 7) is -0.115. The number of halogens is 1. The van der Waals surface area contributed by atoms with Crippen LogP contribution in [0.1, 0.15) is 11.5 Å². The number of hydrazone groups is 1. The standard InChI is InChI=1S/C20H16BrN5O7S/c21-13-1-9-18(10-2-13)34(31,32)23-12-17-8-7-16(33-17)11-22-25-20(28)19(27)24-14-3-5-15(6-4-14)26(29)30/h1-11,23H,12H2,(H,24,27)(H,25,28). The summed E-state index contributed by atoms with van der Waals surface area (Å²) in [7, 11) is -3.74. The first kappa shape index (κ1) is 24.8. The predicted molar refractivity (Wildman–Crippen MR) is 124 cm³/mol. The van der Waals surface area contributed by atoms with Crippen molar-refractivity contribution in [3.05, 3.63) is 86.8 Å². The van der Waals surface area contributed by atoms with E-state index < -0.39 is 26.8 Å². The van der Waals surface area contributed by atoms with Crippen LogP contribution >= 0.6 is 15.9 Å². The second kappa shape index (κ2) is 10.8. The molecule has 14 heteroatoms. The number of nitro benzene ring substituents is 1. The number of sulfonamides is 1. The number of nitrogens with zero attached hydrogens (tertiary/aromatic N) is 2. The lowest BCUT2D eigenvalue weighted by Crippen LogP contribution is -2.32. The summed E-state index contributed by atoms with van der Waals surface area (Å²) in [6.07, 6.45) is 1.13. The molecule has 2 amide bonds. The number of carbonyl (C=O) groups is 2. The molecule has 0 saturated carbocycles. The van der Waals surface area contributed by atoms with E-state index in [1.54, 1.807) is 12.1 Å². The number of anilines is 1. The fourth-order valence-corrected chi connectivity index (χ4v) is 3.74. The maximum Gasteiger partial charge on any atom is 0.329 e. The van der Waals surface area contributed by atoms with Gasteiger partial charge >= 0.3 is 11.8 Å². The molecular weight excluding hydrogens is 534 g/mol. The lowest BCUT2D eigenvalue weighted by Gasteiger charge is -2.05. The smallest absolute Gasteiger partial charge is 0.329 e. The van der Waals surface area contributed by atoms with Crippen molar-refractivity contribution >= 4 is 55.4 Å². The summed E-state index contributed by atoms with van der Waals surface area (Å²) < 4.78 is 33.2. The van der Waals surface area contributed by atoms with Crippen LogP contribution in [0.2, 0.25) is 0 Å². The van der Waals surface area contributed by atoms with Crippen molar-refractivity contribution in [1.82, 2.24) is 10.1 Å². The zero-order valence-electron chi connectivity index (χ0n) is 17.1. The molecular formula is C20H16BrN5O7S. The lowest BCUT2D eigenvalue weighted by molar-refractivity contribution is -0.384. The Morgan fingerprint density at radius 2 is 1.71 bits per heavy atom. The molecule has 3 aromatic rings. The van der Waals surface area contributed by atoms with Crippen molar-refractivity contribution in [2.75, 3.05) is 5.32 Å². The maximum absolute atomic E-state index is 12.3. The van der Waals surface area contributed by atoms with Gasteiger partial charge in [0.1, 0.15) is 11.5 Å². The molecule has 0 radical (unpaired) electrons. The van der Waals surface area contributed by atoms with E-state index in [4.69, 9.17) is 4.42 Å². The zero-order chi connectivity index (χ0) is 24.7. The van der Waals surface area contributed by atoms with E-state index in [0.717, 1.165) is 10.7 Å². The van der Waals surface area contributed by atoms with Gasteiger partial charge in [0.25, 0.3) is 5.69 Å². The minimum atomic E-state index is -3.74. The Hall–Kier alpha value is -3.88. The highest BCUT2D eigenvalue weighted by Crippen LogP contribution is 2.16. The monoisotopic (exact) mass is 549 g/mol. The van der Waals surface area contributed by atoms with E-state index in [2.05, 4.69) is 31.1 Å². The molecule has 176 valence electrons. The third-order valence-electron chi connectivity index (χ3n) is 4.14. The third-order valence-corrected chi connectivity index (χ3v) is 6.09. The van der Waals surface area contributed by atoms with Gasteiger partial charge in [-0.25, -0.2) is 18.6 Å². The number of nitro groups is 1. The molecule has 1 heterocycles.